The van der Waals surface area contributed by atoms with Gasteiger partial charge in [-0.3, -0.25) is 0 Å². The molecule has 0 N–H and O–H groups in total. The fourth-order valence-electron chi connectivity index (χ4n) is 2.94. The van der Waals surface area contributed by atoms with Gasteiger partial charge in [-0.25, -0.2) is 4.98 Å². The maximum absolute atomic E-state index is 8.50. The summed E-state index contributed by atoms with van der Waals surface area (Å²) in [6, 6.07) is 17.6. The van der Waals surface area contributed by atoms with Crippen molar-refractivity contribution >= 4 is 0 Å². The van der Waals surface area contributed by atoms with Crippen molar-refractivity contribution in [2.24, 2.45) is 5.11 Å². The molecule has 0 saturated heterocycles. The van der Waals surface area contributed by atoms with E-state index in [-0.39, 0.29) is 6.10 Å². The number of aryl methyl sites for hydroxylation is 1. The minimum Gasteiger partial charge on any atom is -0.487 e. The Labute approximate surface area is 169 Å². The molecule has 3 aromatic rings. The topological polar surface area (TPSA) is 93.2 Å². The van der Waals surface area contributed by atoms with E-state index in [4.69, 9.17) is 19.4 Å². The lowest BCUT2D eigenvalue weighted by Crippen LogP contribution is -2.19. The normalized spacial score (nSPS) is 11.7. The van der Waals surface area contributed by atoms with E-state index in [0.29, 0.717) is 32.1 Å². The Kier molecular flexibility index (Phi) is 7.28. The van der Waals surface area contributed by atoms with E-state index in [1.807, 2.05) is 68.4 Å². The average molecular weight is 392 g/mol. The summed E-state index contributed by atoms with van der Waals surface area (Å²) in [5.41, 5.74) is 11.3. The number of benzene rings is 2. The highest BCUT2D eigenvalue weighted by molar-refractivity contribution is 5.53. The Hall–Kier alpha value is -3.28. The molecule has 0 saturated carbocycles. The molecular weight excluding hydrogens is 368 g/mol. The first-order chi connectivity index (χ1) is 14.2. The van der Waals surface area contributed by atoms with E-state index < -0.39 is 0 Å². The minimum absolute atomic E-state index is 0.128. The number of oxazole rings is 1. The van der Waals surface area contributed by atoms with Crippen LogP contribution in [0.2, 0.25) is 0 Å². The number of rotatable bonds is 10. The van der Waals surface area contributed by atoms with Gasteiger partial charge < -0.3 is 13.9 Å². The van der Waals surface area contributed by atoms with Crippen LogP contribution in [-0.2, 0) is 17.8 Å². The van der Waals surface area contributed by atoms with E-state index >= 15 is 0 Å². The lowest BCUT2D eigenvalue weighted by Gasteiger charge is -2.15. The van der Waals surface area contributed by atoms with Crippen LogP contribution >= 0.6 is 0 Å². The van der Waals surface area contributed by atoms with Gasteiger partial charge in [0, 0.05) is 17.1 Å². The fraction of sp³-hybridized carbons (Fsp3) is 0.318. The molecule has 150 valence electrons. The average Bonchev–Trinajstić information content (AvgIpc) is 3.13. The second-order valence-electron chi connectivity index (χ2n) is 6.52. The SMILES string of the molecule is CCO[C@H](CN=[N+]=[N-])Cc1ccc(OCc2nc(-c3ccccc3)oc2C)cc1. The summed E-state index contributed by atoms with van der Waals surface area (Å²) in [7, 11) is 0. The number of azide groups is 1. The van der Waals surface area contributed by atoms with Gasteiger partial charge >= 0.3 is 0 Å². The maximum Gasteiger partial charge on any atom is 0.226 e. The third-order valence-electron chi connectivity index (χ3n) is 4.43. The highest BCUT2D eigenvalue weighted by Crippen LogP contribution is 2.23. The number of aromatic nitrogens is 1. The Balaban J connectivity index is 1.59. The zero-order chi connectivity index (χ0) is 20.5. The predicted octanol–water partition coefficient (Wildman–Crippen LogP) is 5.49. The molecule has 2 aromatic carbocycles. The quantitative estimate of drug-likeness (QED) is 0.259. The first-order valence-corrected chi connectivity index (χ1v) is 9.55. The second-order valence-corrected chi connectivity index (χ2v) is 6.52. The third-order valence-corrected chi connectivity index (χ3v) is 4.43. The summed E-state index contributed by atoms with van der Waals surface area (Å²) in [6.07, 6.45) is 0.549. The van der Waals surface area contributed by atoms with E-state index in [0.717, 1.165) is 28.3 Å². The predicted molar refractivity (Wildman–Crippen MR) is 111 cm³/mol. The van der Waals surface area contributed by atoms with Crippen molar-refractivity contribution < 1.29 is 13.9 Å². The summed E-state index contributed by atoms with van der Waals surface area (Å²) >= 11 is 0. The molecule has 0 bridgehead atoms. The molecule has 0 aliphatic heterocycles. The summed E-state index contributed by atoms with van der Waals surface area (Å²) in [4.78, 5) is 7.36. The summed E-state index contributed by atoms with van der Waals surface area (Å²) in [5, 5.41) is 3.61. The van der Waals surface area contributed by atoms with Crippen LogP contribution in [0.15, 0.2) is 64.1 Å². The van der Waals surface area contributed by atoms with Crippen molar-refractivity contribution in [2.45, 2.75) is 33.0 Å². The highest BCUT2D eigenvalue weighted by atomic mass is 16.5. The Bertz CT molecular complexity index is 948. The molecule has 0 unspecified atom stereocenters. The Morgan fingerprint density at radius 1 is 1.14 bits per heavy atom. The van der Waals surface area contributed by atoms with Crippen molar-refractivity contribution in [3.63, 3.8) is 0 Å². The van der Waals surface area contributed by atoms with Gasteiger partial charge in [-0.15, -0.1) is 0 Å². The van der Waals surface area contributed by atoms with Gasteiger partial charge in [0.05, 0.1) is 12.6 Å². The standard InChI is InChI=1S/C22H24N4O3/c1-3-27-20(14-24-26-23)13-17-9-11-19(12-10-17)28-15-21-16(2)29-22(25-21)18-7-5-4-6-8-18/h4-12,20H,3,13-15H2,1-2H3/t20-/m0/s1. The van der Waals surface area contributed by atoms with Crippen LogP contribution in [0.1, 0.15) is 23.9 Å². The number of hydrogen-bond donors (Lipinski definition) is 0. The fourth-order valence-corrected chi connectivity index (χ4v) is 2.94. The zero-order valence-corrected chi connectivity index (χ0v) is 16.6. The van der Waals surface area contributed by atoms with Crippen molar-refractivity contribution in [2.75, 3.05) is 13.2 Å². The van der Waals surface area contributed by atoms with E-state index in [9.17, 15) is 0 Å². The van der Waals surface area contributed by atoms with Gasteiger partial charge in [-0.05, 0) is 55.6 Å². The molecule has 29 heavy (non-hydrogen) atoms. The summed E-state index contributed by atoms with van der Waals surface area (Å²) < 4.78 is 17.3. The molecule has 0 amide bonds. The van der Waals surface area contributed by atoms with Gasteiger partial charge in [0.1, 0.15) is 23.8 Å². The first kappa shape index (κ1) is 20.5. The molecule has 7 heteroatoms. The molecule has 0 spiro atoms. The van der Waals surface area contributed by atoms with Gasteiger partial charge in [0.15, 0.2) is 0 Å². The number of ether oxygens (including phenoxy) is 2. The highest BCUT2D eigenvalue weighted by Gasteiger charge is 2.12. The molecule has 1 atom stereocenters. The van der Waals surface area contributed by atoms with Crippen LogP contribution in [0.5, 0.6) is 5.75 Å². The van der Waals surface area contributed by atoms with Crippen LogP contribution in [-0.4, -0.2) is 24.2 Å². The van der Waals surface area contributed by atoms with Crippen molar-refractivity contribution in [1.82, 2.24) is 4.98 Å². The lowest BCUT2D eigenvalue weighted by atomic mass is 10.1. The largest absolute Gasteiger partial charge is 0.487 e. The zero-order valence-electron chi connectivity index (χ0n) is 16.6. The maximum atomic E-state index is 8.50. The molecule has 7 nitrogen and oxygen atoms in total. The number of nitrogens with zero attached hydrogens (tertiary/aromatic N) is 4. The lowest BCUT2D eigenvalue weighted by molar-refractivity contribution is 0.0695. The summed E-state index contributed by atoms with van der Waals surface area (Å²) in [5.74, 6) is 2.09. The Morgan fingerprint density at radius 3 is 2.59 bits per heavy atom. The molecule has 3 rings (SSSR count). The van der Waals surface area contributed by atoms with Crippen LogP contribution in [0.25, 0.3) is 21.9 Å². The van der Waals surface area contributed by atoms with E-state index in [2.05, 4.69) is 15.0 Å². The van der Waals surface area contributed by atoms with Gasteiger partial charge in [0.25, 0.3) is 0 Å². The second kappa shape index (κ2) is 10.3. The third kappa shape index (κ3) is 5.85. The van der Waals surface area contributed by atoms with Crippen molar-refractivity contribution in [3.05, 3.63) is 82.1 Å². The molecule has 0 aliphatic carbocycles. The van der Waals surface area contributed by atoms with Gasteiger partial charge in [0.2, 0.25) is 5.89 Å². The van der Waals surface area contributed by atoms with Gasteiger partial charge in [-0.1, -0.05) is 35.4 Å². The van der Waals surface area contributed by atoms with Gasteiger partial charge in [-0.2, -0.15) is 0 Å². The Morgan fingerprint density at radius 2 is 1.90 bits per heavy atom. The molecule has 1 aromatic heterocycles. The van der Waals surface area contributed by atoms with Crippen LogP contribution in [0.3, 0.4) is 0 Å². The monoisotopic (exact) mass is 392 g/mol. The van der Waals surface area contributed by atoms with E-state index in [1.54, 1.807) is 0 Å². The van der Waals surface area contributed by atoms with Crippen molar-refractivity contribution in [3.8, 4) is 17.2 Å². The first-order valence-electron chi connectivity index (χ1n) is 9.55. The smallest absolute Gasteiger partial charge is 0.226 e. The number of hydrogen-bond acceptors (Lipinski definition) is 5. The molecular formula is C22H24N4O3. The van der Waals surface area contributed by atoms with Crippen molar-refractivity contribution in [1.29, 1.82) is 0 Å². The van der Waals surface area contributed by atoms with Crippen LogP contribution < -0.4 is 4.74 Å². The van der Waals surface area contributed by atoms with Crippen LogP contribution in [0.4, 0.5) is 0 Å². The van der Waals surface area contributed by atoms with E-state index in [1.165, 1.54) is 0 Å². The molecule has 0 fully saturated rings. The van der Waals surface area contributed by atoms with Crippen LogP contribution in [0, 0.1) is 6.92 Å². The minimum atomic E-state index is -0.128. The molecule has 1 heterocycles. The molecule has 0 radical (unpaired) electrons. The summed E-state index contributed by atoms with van der Waals surface area (Å²) in [6.45, 7) is 5.04. The molecule has 0 aliphatic rings.